The number of rotatable bonds is 4. The fourth-order valence-corrected chi connectivity index (χ4v) is 2.60. The van der Waals surface area contributed by atoms with Gasteiger partial charge in [0.1, 0.15) is 0 Å². The van der Waals surface area contributed by atoms with Crippen LogP contribution < -0.4 is 11.3 Å². The van der Waals surface area contributed by atoms with Crippen molar-refractivity contribution in [2.45, 2.75) is 12.5 Å². The number of halogens is 1. The van der Waals surface area contributed by atoms with Crippen molar-refractivity contribution in [3.8, 4) is 0 Å². The highest BCUT2D eigenvalue weighted by Gasteiger charge is 2.13. The molecule has 0 aliphatic heterocycles. The number of benzene rings is 1. The Morgan fingerprint density at radius 2 is 1.95 bits per heavy atom. The third-order valence-electron chi connectivity index (χ3n) is 3.23. The first kappa shape index (κ1) is 14.1. The molecule has 0 spiro atoms. The van der Waals surface area contributed by atoms with Gasteiger partial charge in [-0.25, -0.2) is 4.98 Å². The maximum atomic E-state index is 5.68. The summed E-state index contributed by atoms with van der Waals surface area (Å²) in [5.41, 5.74) is 6.43. The molecular weight excluding hydrogens is 330 g/mol. The Labute approximate surface area is 130 Å². The maximum absolute atomic E-state index is 5.68. The second-order valence-electron chi connectivity index (χ2n) is 4.72. The molecule has 3 aromatic rings. The average Bonchev–Trinajstić information content (AvgIpc) is 2.52. The highest BCUT2D eigenvalue weighted by molar-refractivity contribution is 9.10. The van der Waals surface area contributed by atoms with Gasteiger partial charge in [0.05, 0.1) is 29.0 Å². The van der Waals surface area contributed by atoms with E-state index in [9.17, 15) is 0 Å². The second-order valence-corrected chi connectivity index (χ2v) is 5.63. The van der Waals surface area contributed by atoms with E-state index in [2.05, 4.69) is 36.3 Å². The molecule has 0 aliphatic rings. The highest BCUT2D eigenvalue weighted by Crippen LogP contribution is 2.19. The van der Waals surface area contributed by atoms with Crippen LogP contribution in [0.2, 0.25) is 0 Å². The number of nitrogens with two attached hydrogens (primary N) is 1. The van der Waals surface area contributed by atoms with Crippen LogP contribution in [0.25, 0.3) is 11.0 Å². The SMILES string of the molecule is NNC(Cc1cncc(Br)c1)c1cnc2ccccc2n1. The Morgan fingerprint density at radius 3 is 2.71 bits per heavy atom. The largest absolute Gasteiger partial charge is 0.271 e. The zero-order chi connectivity index (χ0) is 14.7. The van der Waals surface area contributed by atoms with Crippen LogP contribution >= 0.6 is 15.9 Å². The van der Waals surface area contributed by atoms with Crippen LogP contribution in [0.1, 0.15) is 17.3 Å². The van der Waals surface area contributed by atoms with Crippen molar-refractivity contribution < 1.29 is 0 Å². The van der Waals surface area contributed by atoms with Gasteiger partial charge in [-0.1, -0.05) is 12.1 Å². The summed E-state index contributed by atoms with van der Waals surface area (Å²) in [5, 5.41) is 0. The lowest BCUT2D eigenvalue weighted by molar-refractivity contribution is 0.537. The van der Waals surface area contributed by atoms with Crippen molar-refractivity contribution in [3.63, 3.8) is 0 Å². The monoisotopic (exact) mass is 343 g/mol. The minimum atomic E-state index is -0.113. The number of fused-ring (bicyclic) bond motifs is 1. The Balaban J connectivity index is 1.90. The predicted molar refractivity (Wildman–Crippen MR) is 85.2 cm³/mol. The first-order valence-electron chi connectivity index (χ1n) is 6.53. The second kappa shape index (κ2) is 6.26. The van der Waals surface area contributed by atoms with E-state index in [1.807, 2.05) is 36.5 Å². The topological polar surface area (TPSA) is 76.7 Å². The quantitative estimate of drug-likeness (QED) is 0.562. The van der Waals surface area contributed by atoms with E-state index in [-0.39, 0.29) is 6.04 Å². The number of pyridine rings is 1. The molecule has 0 bridgehead atoms. The molecule has 0 fully saturated rings. The number of para-hydroxylation sites is 2. The molecular formula is C15H14BrN5. The molecule has 1 unspecified atom stereocenters. The first-order chi connectivity index (χ1) is 10.3. The standard InChI is InChI=1S/C15H14BrN5/c16-11-5-10(7-18-8-11)6-14(21-17)15-9-19-12-3-1-2-4-13(12)20-15/h1-5,7-9,14,21H,6,17H2. The van der Waals surface area contributed by atoms with Gasteiger partial charge in [0.15, 0.2) is 0 Å². The normalized spacial score (nSPS) is 12.5. The molecule has 3 N–H and O–H groups in total. The van der Waals surface area contributed by atoms with E-state index in [0.717, 1.165) is 26.8 Å². The number of nitrogens with one attached hydrogen (secondary N) is 1. The highest BCUT2D eigenvalue weighted by atomic mass is 79.9. The van der Waals surface area contributed by atoms with E-state index in [4.69, 9.17) is 5.84 Å². The summed E-state index contributed by atoms with van der Waals surface area (Å²) in [7, 11) is 0. The van der Waals surface area contributed by atoms with Crippen molar-refractivity contribution >= 4 is 27.0 Å². The predicted octanol–water partition coefficient (Wildman–Crippen LogP) is 2.53. The molecule has 5 nitrogen and oxygen atoms in total. The zero-order valence-corrected chi connectivity index (χ0v) is 12.8. The lowest BCUT2D eigenvalue weighted by atomic mass is 10.1. The van der Waals surface area contributed by atoms with E-state index < -0.39 is 0 Å². The van der Waals surface area contributed by atoms with Crippen molar-refractivity contribution in [2.75, 3.05) is 0 Å². The number of aromatic nitrogens is 3. The molecule has 0 aliphatic carbocycles. The van der Waals surface area contributed by atoms with Crippen LogP contribution in [0.5, 0.6) is 0 Å². The van der Waals surface area contributed by atoms with E-state index in [1.165, 1.54) is 0 Å². The minimum absolute atomic E-state index is 0.113. The van der Waals surface area contributed by atoms with Gasteiger partial charge in [-0.15, -0.1) is 0 Å². The first-order valence-corrected chi connectivity index (χ1v) is 7.33. The summed E-state index contributed by atoms with van der Waals surface area (Å²) in [4.78, 5) is 13.2. The fourth-order valence-electron chi connectivity index (χ4n) is 2.19. The molecule has 2 heterocycles. The molecule has 1 atom stereocenters. The summed E-state index contributed by atoms with van der Waals surface area (Å²) in [6, 6.07) is 9.69. The molecule has 21 heavy (non-hydrogen) atoms. The van der Waals surface area contributed by atoms with Gasteiger partial charge in [-0.3, -0.25) is 21.2 Å². The fraction of sp³-hybridized carbons (Fsp3) is 0.133. The Kier molecular flexibility index (Phi) is 4.19. The molecule has 0 saturated carbocycles. The van der Waals surface area contributed by atoms with E-state index in [0.29, 0.717) is 6.42 Å². The van der Waals surface area contributed by atoms with Crippen LogP contribution in [0.4, 0.5) is 0 Å². The van der Waals surface area contributed by atoms with Gasteiger partial charge in [-0.05, 0) is 46.1 Å². The number of hydrogen-bond acceptors (Lipinski definition) is 5. The lowest BCUT2D eigenvalue weighted by Crippen LogP contribution is -2.30. The molecule has 106 valence electrons. The third-order valence-corrected chi connectivity index (χ3v) is 3.66. The van der Waals surface area contributed by atoms with Crippen LogP contribution in [-0.4, -0.2) is 15.0 Å². The minimum Gasteiger partial charge on any atom is -0.271 e. The zero-order valence-electron chi connectivity index (χ0n) is 11.2. The van der Waals surface area contributed by atoms with Gasteiger partial charge in [0.25, 0.3) is 0 Å². The van der Waals surface area contributed by atoms with Crippen molar-refractivity contribution in [1.82, 2.24) is 20.4 Å². The van der Waals surface area contributed by atoms with Crippen molar-refractivity contribution in [1.29, 1.82) is 0 Å². The third kappa shape index (κ3) is 3.24. The summed E-state index contributed by atoms with van der Waals surface area (Å²) in [6.45, 7) is 0. The average molecular weight is 344 g/mol. The van der Waals surface area contributed by atoms with Crippen LogP contribution in [0, 0.1) is 0 Å². The Hall–Kier alpha value is -1.89. The molecule has 6 heteroatoms. The number of hydrazine groups is 1. The van der Waals surface area contributed by atoms with E-state index >= 15 is 0 Å². The van der Waals surface area contributed by atoms with Gasteiger partial charge in [0, 0.05) is 16.9 Å². The summed E-state index contributed by atoms with van der Waals surface area (Å²) >= 11 is 3.42. The molecule has 2 aromatic heterocycles. The number of hydrogen-bond donors (Lipinski definition) is 2. The number of nitrogens with zero attached hydrogens (tertiary/aromatic N) is 3. The van der Waals surface area contributed by atoms with Crippen molar-refractivity contribution in [2.24, 2.45) is 5.84 Å². The Morgan fingerprint density at radius 1 is 1.14 bits per heavy atom. The summed E-state index contributed by atoms with van der Waals surface area (Å²) in [6.07, 6.45) is 6.03. The van der Waals surface area contributed by atoms with Crippen LogP contribution in [-0.2, 0) is 6.42 Å². The van der Waals surface area contributed by atoms with Gasteiger partial charge in [0.2, 0.25) is 0 Å². The lowest BCUT2D eigenvalue weighted by Gasteiger charge is -2.15. The van der Waals surface area contributed by atoms with Gasteiger partial charge >= 0.3 is 0 Å². The molecule has 0 amide bonds. The Bertz CT molecular complexity index is 762. The molecule has 1 aromatic carbocycles. The van der Waals surface area contributed by atoms with Crippen LogP contribution in [0.3, 0.4) is 0 Å². The molecule has 0 saturated heterocycles. The van der Waals surface area contributed by atoms with Crippen LogP contribution in [0.15, 0.2) is 53.4 Å². The van der Waals surface area contributed by atoms with E-state index in [1.54, 1.807) is 12.4 Å². The summed E-state index contributed by atoms with van der Waals surface area (Å²) < 4.78 is 0.945. The van der Waals surface area contributed by atoms with Crippen molar-refractivity contribution in [3.05, 3.63) is 64.7 Å². The van der Waals surface area contributed by atoms with Gasteiger partial charge in [-0.2, -0.15) is 0 Å². The molecule has 0 radical (unpaired) electrons. The molecule has 3 rings (SSSR count). The maximum Gasteiger partial charge on any atom is 0.0890 e. The smallest absolute Gasteiger partial charge is 0.0890 e. The van der Waals surface area contributed by atoms with Gasteiger partial charge < -0.3 is 0 Å². The summed E-state index contributed by atoms with van der Waals surface area (Å²) in [5.74, 6) is 5.68.